The first kappa shape index (κ1) is 17.9. The van der Waals surface area contributed by atoms with Crippen LogP contribution in [-0.2, 0) is 11.4 Å². The molecule has 6 nitrogen and oxygen atoms in total. The number of hydrazone groups is 1. The van der Waals surface area contributed by atoms with Gasteiger partial charge in [-0.3, -0.25) is 15.5 Å². The number of rotatable bonds is 6. The summed E-state index contributed by atoms with van der Waals surface area (Å²) in [6, 6.07) is 13.8. The summed E-state index contributed by atoms with van der Waals surface area (Å²) >= 11 is 0. The van der Waals surface area contributed by atoms with Gasteiger partial charge in [0.1, 0.15) is 18.2 Å². The molecule has 1 heterocycles. The van der Waals surface area contributed by atoms with E-state index in [0.717, 1.165) is 11.1 Å². The summed E-state index contributed by atoms with van der Waals surface area (Å²) < 4.78 is 18.6. The molecule has 0 spiro atoms. The Morgan fingerprint density at radius 2 is 2.12 bits per heavy atom. The van der Waals surface area contributed by atoms with Crippen molar-refractivity contribution in [1.82, 2.24) is 16.1 Å². The minimum Gasteiger partial charge on any atom is -0.489 e. The average molecular weight is 356 g/mol. The van der Waals surface area contributed by atoms with E-state index in [1.54, 1.807) is 18.3 Å². The molecule has 0 saturated carbocycles. The summed E-state index contributed by atoms with van der Waals surface area (Å²) in [4.78, 5) is 11.5. The normalized spacial score (nSPS) is 20.0. The fraction of sp³-hybridized carbons (Fsp3) is 0.263. The van der Waals surface area contributed by atoms with Gasteiger partial charge in [-0.2, -0.15) is 5.10 Å². The molecule has 7 heteroatoms. The standard InChI is InChI=1S/C19H21FN4O2/c1-13-9-18(25)23-19(22-13)24-21-11-15-3-2-4-17(10-15)26-12-14-5-7-16(20)8-6-14/h2-8,10-11,13,19,22,24H,9,12H2,1H3,(H,23,25)/b21-11+. The van der Waals surface area contributed by atoms with Crippen LogP contribution in [-0.4, -0.2) is 24.5 Å². The third-order valence-electron chi connectivity index (χ3n) is 3.84. The average Bonchev–Trinajstić information content (AvgIpc) is 2.61. The lowest BCUT2D eigenvalue weighted by atomic mass is 10.2. The van der Waals surface area contributed by atoms with Gasteiger partial charge in [-0.15, -0.1) is 0 Å². The monoisotopic (exact) mass is 356 g/mol. The molecule has 2 atom stereocenters. The second-order valence-corrected chi connectivity index (χ2v) is 6.15. The quantitative estimate of drug-likeness (QED) is 0.547. The summed E-state index contributed by atoms with van der Waals surface area (Å²) in [5, 5.41) is 10.1. The van der Waals surface area contributed by atoms with Crippen molar-refractivity contribution >= 4 is 12.1 Å². The summed E-state index contributed by atoms with van der Waals surface area (Å²) in [6.07, 6.45) is 1.72. The highest BCUT2D eigenvalue weighted by Crippen LogP contribution is 2.14. The Morgan fingerprint density at radius 1 is 1.31 bits per heavy atom. The maximum atomic E-state index is 12.9. The molecule has 1 aliphatic heterocycles. The van der Waals surface area contributed by atoms with Crippen molar-refractivity contribution in [1.29, 1.82) is 0 Å². The highest BCUT2D eigenvalue weighted by atomic mass is 19.1. The molecule has 26 heavy (non-hydrogen) atoms. The Labute approximate surface area is 151 Å². The molecule has 1 saturated heterocycles. The Balaban J connectivity index is 1.53. The SMILES string of the molecule is CC1CC(=O)NC(N/N=C/c2cccc(OCc3ccc(F)cc3)c2)N1. The number of nitrogens with zero attached hydrogens (tertiary/aromatic N) is 1. The molecule has 136 valence electrons. The molecule has 0 aliphatic carbocycles. The second kappa shape index (κ2) is 8.44. The van der Waals surface area contributed by atoms with Crippen molar-refractivity contribution in [2.75, 3.05) is 0 Å². The summed E-state index contributed by atoms with van der Waals surface area (Å²) in [5.41, 5.74) is 4.60. The van der Waals surface area contributed by atoms with Gasteiger partial charge in [-0.1, -0.05) is 24.3 Å². The molecule has 3 rings (SSSR count). The highest BCUT2D eigenvalue weighted by Gasteiger charge is 2.21. The van der Waals surface area contributed by atoms with Gasteiger partial charge in [0.25, 0.3) is 0 Å². The molecule has 1 aliphatic rings. The molecule has 1 fully saturated rings. The fourth-order valence-corrected chi connectivity index (χ4v) is 2.57. The van der Waals surface area contributed by atoms with Gasteiger partial charge >= 0.3 is 0 Å². The van der Waals surface area contributed by atoms with E-state index in [9.17, 15) is 9.18 Å². The van der Waals surface area contributed by atoms with Crippen molar-refractivity contribution in [2.24, 2.45) is 5.10 Å². The number of nitrogens with one attached hydrogen (secondary N) is 3. The summed E-state index contributed by atoms with van der Waals surface area (Å²) in [6.45, 7) is 2.30. The molecular formula is C19H21FN4O2. The van der Waals surface area contributed by atoms with Crippen LogP contribution in [0.25, 0.3) is 0 Å². The third kappa shape index (κ3) is 5.29. The number of carbonyl (C=O) groups is 1. The summed E-state index contributed by atoms with van der Waals surface area (Å²) in [7, 11) is 0. The first-order valence-corrected chi connectivity index (χ1v) is 8.40. The molecule has 1 amide bonds. The van der Waals surface area contributed by atoms with Gasteiger partial charge < -0.3 is 10.1 Å². The molecule has 0 radical (unpaired) electrons. The maximum absolute atomic E-state index is 12.9. The summed E-state index contributed by atoms with van der Waals surface area (Å²) in [5.74, 6) is 0.411. The van der Waals surface area contributed by atoms with Crippen LogP contribution in [0.2, 0.25) is 0 Å². The van der Waals surface area contributed by atoms with E-state index < -0.39 is 0 Å². The number of hydrogen-bond acceptors (Lipinski definition) is 5. The van der Waals surface area contributed by atoms with Gasteiger partial charge in [0.15, 0.2) is 6.29 Å². The van der Waals surface area contributed by atoms with Crippen LogP contribution in [0.15, 0.2) is 53.6 Å². The van der Waals surface area contributed by atoms with Crippen molar-refractivity contribution in [3.63, 3.8) is 0 Å². The largest absolute Gasteiger partial charge is 0.489 e. The van der Waals surface area contributed by atoms with Crippen molar-refractivity contribution in [3.05, 3.63) is 65.5 Å². The van der Waals surface area contributed by atoms with E-state index >= 15 is 0 Å². The number of benzene rings is 2. The first-order valence-electron chi connectivity index (χ1n) is 8.40. The van der Waals surface area contributed by atoms with Crippen LogP contribution < -0.4 is 20.8 Å². The van der Waals surface area contributed by atoms with E-state index in [4.69, 9.17) is 4.74 Å². The van der Waals surface area contributed by atoms with Crippen molar-refractivity contribution in [2.45, 2.75) is 32.3 Å². The van der Waals surface area contributed by atoms with Crippen molar-refractivity contribution < 1.29 is 13.9 Å². The number of halogens is 1. The van der Waals surface area contributed by atoms with Crippen LogP contribution in [0.1, 0.15) is 24.5 Å². The minimum atomic E-state index is -0.389. The minimum absolute atomic E-state index is 0.0138. The van der Waals surface area contributed by atoms with Gasteiger partial charge in [0.05, 0.1) is 6.21 Å². The lowest BCUT2D eigenvalue weighted by Crippen LogP contribution is -2.60. The Hall–Kier alpha value is -2.93. The predicted octanol–water partition coefficient (Wildman–Crippen LogP) is 2.11. The van der Waals surface area contributed by atoms with E-state index in [0.29, 0.717) is 18.8 Å². The third-order valence-corrected chi connectivity index (χ3v) is 3.84. The number of hydrogen-bond donors (Lipinski definition) is 3. The lowest BCUT2D eigenvalue weighted by molar-refractivity contribution is -0.124. The van der Waals surface area contributed by atoms with E-state index in [1.807, 2.05) is 31.2 Å². The van der Waals surface area contributed by atoms with Crippen LogP contribution in [0.3, 0.4) is 0 Å². The zero-order valence-electron chi connectivity index (χ0n) is 14.4. The maximum Gasteiger partial charge on any atom is 0.224 e. The molecule has 2 aromatic carbocycles. The van der Waals surface area contributed by atoms with E-state index in [-0.39, 0.29) is 24.1 Å². The zero-order valence-corrected chi connectivity index (χ0v) is 14.4. The topological polar surface area (TPSA) is 74.8 Å². The Kier molecular flexibility index (Phi) is 5.80. The van der Waals surface area contributed by atoms with E-state index in [1.165, 1.54) is 12.1 Å². The smallest absolute Gasteiger partial charge is 0.224 e. The molecule has 2 unspecified atom stereocenters. The predicted molar refractivity (Wildman–Crippen MR) is 97.0 cm³/mol. The van der Waals surface area contributed by atoms with E-state index in [2.05, 4.69) is 21.2 Å². The van der Waals surface area contributed by atoms with Crippen LogP contribution in [0.5, 0.6) is 5.75 Å². The highest BCUT2D eigenvalue weighted by molar-refractivity contribution is 5.80. The Morgan fingerprint density at radius 3 is 2.88 bits per heavy atom. The molecule has 3 N–H and O–H groups in total. The number of carbonyl (C=O) groups excluding carboxylic acids is 1. The number of amides is 1. The Bertz CT molecular complexity index is 779. The number of ether oxygens (including phenoxy) is 1. The molecular weight excluding hydrogens is 335 g/mol. The zero-order chi connectivity index (χ0) is 18.4. The lowest BCUT2D eigenvalue weighted by Gasteiger charge is -2.28. The second-order valence-electron chi connectivity index (χ2n) is 6.15. The molecule has 0 bridgehead atoms. The van der Waals surface area contributed by atoms with Crippen LogP contribution >= 0.6 is 0 Å². The molecule has 0 aromatic heterocycles. The van der Waals surface area contributed by atoms with Crippen LogP contribution in [0.4, 0.5) is 4.39 Å². The molecule has 2 aromatic rings. The van der Waals surface area contributed by atoms with Gasteiger partial charge in [0.2, 0.25) is 5.91 Å². The van der Waals surface area contributed by atoms with Gasteiger partial charge in [-0.25, -0.2) is 4.39 Å². The van der Waals surface area contributed by atoms with Gasteiger partial charge in [-0.05, 0) is 42.3 Å². The van der Waals surface area contributed by atoms with Crippen molar-refractivity contribution in [3.8, 4) is 5.75 Å². The van der Waals surface area contributed by atoms with Crippen LogP contribution in [0, 0.1) is 5.82 Å². The fourth-order valence-electron chi connectivity index (χ4n) is 2.57. The van der Waals surface area contributed by atoms with Gasteiger partial charge in [0, 0.05) is 12.5 Å². The first-order chi connectivity index (χ1) is 12.6.